The Hall–Kier alpha value is -1.80. The van der Waals surface area contributed by atoms with E-state index in [4.69, 9.17) is 18.9 Å². The number of carbonyl (C=O) groups excluding carboxylic acids is 2. The van der Waals surface area contributed by atoms with E-state index in [9.17, 15) is 14.7 Å². The van der Waals surface area contributed by atoms with Gasteiger partial charge in [-0.1, -0.05) is 0 Å². The summed E-state index contributed by atoms with van der Waals surface area (Å²) in [6.45, 7) is 3.84. The van der Waals surface area contributed by atoms with E-state index in [0.717, 1.165) is 11.3 Å². The van der Waals surface area contributed by atoms with E-state index in [2.05, 4.69) is 0 Å². The van der Waals surface area contributed by atoms with E-state index in [0.29, 0.717) is 6.42 Å². The van der Waals surface area contributed by atoms with Crippen molar-refractivity contribution in [3.63, 3.8) is 0 Å². The van der Waals surface area contributed by atoms with Crippen molar-refractivity contribution < 1.29 is 33.6 Å². The molecular weight excluding hydrogens is 312 g/mol. The Labute approximate surface area is 131 Å². The van der Waals surface area contributed by atoms with Crippen LogP contribution in [0.1, 0.15) is 39.6 Å². The molecule has 0 aromatic carbocycles. The SMILES string of the molecule is CCOC(=O)c1sc(C(=O)OCC)c2c1OCCC(CO)O2. The van der Waals surface area contributed by atoms with Gasteiger partial charge in [0.15, 0.2) is 21.3 Å². The van der Waals surface area contributed by atoms with Gasteiger partial charge in [0.05, 0.1) is 26.4 Å². The molecule has 2 rings (SSSR count). The van der Waals surface area contributed by atoms with Crippen LogP contribution in [0, 0.1) is 0 Å². The van der Waals surface area contributed by atoms with Crippen LogP contribution in [0.3, 0.4) is 0 Å². The molecule has 0 radical (unpaired) electrons. The predicted octanol–water partition coefficient (Wildman–Crippen LogP) is 1.62. The van der Waals surface area contributed by atoms with Gasteiger partial charge in [-0.15, -0.1) is 11.3 Å². The summed E-state index contributed by atoms with van der Waals surface area (Å²) in [5, 5.41) is 9.29. The lowest BCUT2D eigenvalue weighted by atomic mass is 10.3. The number of ether oxygens (including phenoxy) is 4. The number of esters is 2. The van der Waals surface area contributed by atoms with Crippen molar-refractivity contribution in [2.24, 2.45) is 0 Å². The molecular formula is C14H18O7S. The van der Waals surface area contributed by atoms with Crippen LogP contribution in [-0.2, 0) is 9.47 Å². The smallest absolute Gasteiger partial charge is 0.352 e. The molecule has 0 saturated heterocycles. The quantitative estimate of drug-likeness (QED) is 0.820. The Morgan fingerprint density at radius 2 is 1.77 bits per heavy atom. The zero-order valence-electron chi connectivity index (χ0n) is 12.4. The minimum Gasteiger partial charge on any atom is -0.488 e. The van der Waals surface area contributed by atoms with E-state index in [1.54, 1.807) is 13.8 Å². The predicted molar refractivity (Wildman–Crippen MR) is 77.8 cm³/mol. The number of aliphatic hydroxyl groups excluding tert-OH is 1. The van der Waals surface area contributed by atoms with Crippen LogP contribution in [0.25, 0.3) is 0 Å². The minimum absolute atomic E-state index is 0.139. The van der Waals surface area contributed by atoms with Crippen LogP contribution in [0.2, 0.25) is 0 Å². The summed E-state index contributed by atoms with van der Waals surface area (Å²) >= 11 is 0.912. The first kappa shape index (κ1) is 16.6. The summed E-state index contributed by atoms with van der Waals surface area (Å²) < 4.78 is 21.1. The third-order valence-electron chi connectivity index (χ3n) is 2.92. The summed E-state index contributed by atoms with van der Waals surface area (Å²) in [5.41, 5.74) is 0. The molecule has 7 nitrogen and oxygen atoms in total. The molecule has 0 amide bonds. The number of thiophene rings is 1. The number of carbonyl (C=O) groups is 2. The van der Waals surface area contributed by atoms with Gasteiger partial charge in [-0.3, -0.25) is 0 Å². The zero-order chi connectivity index (χ0) is 16.1. The normalized spacial score (nSPS) is 16.8. The van der Waals surface area contributed by atoms with E-state index in [1.165, 1.54) is 0 Å². The lowest BCUT2D eigenvalue weighted by molar-refractivity contribution is 0.0514. The van der Waals surface area contributed by atoms with Crippen LogP contribution in [0.5, 0.6) is 11.5 Å². The fourth-order valence-electron chi connectivity index (χ4n) is 1.95. The molecule has 1 aliphatic heterocycles. The first-order chi connectivity index (χ1) is 10.6. The molecule has 2 heterocycles. The Morgan fingerprint density at radius 1 is 1.18 bits per heavy atom. The van der Waals surface area contributed by atoms with E-state index in [-0.39, 0.29) is 47.7 Å². The largest absolute Gasteiger partial charge is 0.488 e. The van der Waals surface area contributed by atoms with Gasteiger partial charge in [-0.25, -0.2) is 9.59 Å². The van der Waals surface area contributed by atoms with Crippen molar-refractivity contribution in [2.45, 2.75) is 26.4 Å². The summed E-state index contributed by atoms with van der Waals surface area (Å²) in [6, 6.07) is 0. The van der Waals surface area contributed by atoms with Crippen LogP contribution in [0.15, 0.2) is 0 Å². The standard InChI is InChI=1S/C14H18O7S/c1-3-18-13(16)11-9-10(12(22-11)14(17)19-4-2)21-8(7-15)5-6-20-9/h8,15H,3-7H2,1-2H3. The van der Waals surface area contributed by atoms with Gasteiger partial charge in [0.2, 0.25) is 0 Å². The molecule has 0 fully saturated rings. The molecule has 0 spiro atoms. The molecule has 1 N–H and O–H groups in total. The van der Waals surface area contributed by atoms with Crippen molar-refractivity contribution in [1.82, 2.24) is 0 Å². The molecule has 0 aliphatic carbocycles. The van der Waals surface area contributed by atoms with Gasteiger partial charge in [0, 0.05) is 6.42 Å². The molecule has 0 bridgehead atoms. The average molecular weight is 330 g/mol. The highest BCUT2D eigenvalue weighted by molar-refractivity contribution is 7.16. The van der Waals surface area contributed by atoms with Crippen molar-refractivity contribution >= 4 is 23.3 Å². The highest BCUT2D eigenvalue weighted by atomic mass is 32.1. The minimum atomic E-state index is -0.596. The van der Waals surface area contributed by atoms with Crippen molar-refractivity contribution in [2.75, 3.05) is 26.4 Å². The Morgan fingerprint density at radius 3 is 2.32 bits per heavy atom. The van der Waals surface area contributed by atoms with Gasteiger partial charge >= 0.3 is 11.9 Å². The van der Waals surface area contributed by atoms with Gasteiger partial charge < -0.3 is 24.1 Å². The average Bonchev–Trinajstić information content (AvgIpc) is 2.72. The molecule has 122 valence electrons. The first-order valence-corrected chi connectivity index (χ1v) is 7.85. The summed E-state index contributed by atoms with van der Waals surface area (Å²) in [6.07, 6.45) is -0.0560. The van der Waals surface area contributed by atoms with Gasteiger partial charge in [-0.2, -0.15) is 0 Å². The third kappa shape index (κ3) is 3.33. The Balaban J connectivity index is 2.45. The first-order valence-electron chi connectivity index (χ1n) is 7.03. The van der Waals surface area contributed by atoms with Crippen LogP contribution in [0.4, 0.5) is 0 Å². The molecule has 1 aromatic heterocycles. The molecule has 1 aromatic rings. The van der Waals surface area contributed by atoms with Crippen LogP contribution >= 0.6 is 11.3 Å². The number of fused-ring (bicyclic) bond motifs is 1. The monoisotopic (exact) mass is 330 g/mol. The van der Waals surface area contributed by atoms with E-state index in [1.807, 2.05) is 0 Å². The Kier molecular flexibility index (Phi) is 5.62. The fourth-order valence-corrected chi connectivity index (χ4v) is 2.91. The second-order valence-electron chi connectivity index (χ2n) is 4.42. The molecule has 1 unspecified atom stereocenters. The lowest BCUT2D eigenvalue weighted by Gasteiger charge is -2.12. The maximum absolute atomic E-state index is 12.1. The fraction of sp³-hybridized carbons (Fsp3) is 0.571. The van der Waals surface area contributed by atoms with Crippen LogP contribution in [-0.4, -0.2) is 49.6 Å². The topological polar surface area (TPSA) is 91.3 Å². The highest BCUT2D eigenvalue weighted by Crippen LogP contribution is 2.45. The second-order valence-corrected chi connectivity index (χ2v) is 5.44. The van der Waals surface area contributed by atoms with Gasteiger partial charge in [-0.05, 0) is 13.8 Å². The molecule has 8 heteroatoms. The van der Waals surface area contributed by atoms with Crippen LogP contribution < -0.4 is 9.47 Å². The number of aliphatic hydroxyl groups is 1. The second kappa shape index (κ2) is 7.46. The summed E-state index contributed by atoms with van der Waals surface area (Å²) in [5.74, 6) is -0.850. The zero-order valence-corrected chi connectivity index (χ0v) is 13.2. The van der Waals surface area contributed by atoms with Crippen molar-refractivity contribution in [3.05, 3.63) is 9.75 Å². The lowest BCUT2D eigenvalue weighted by Crippen LogP contribution is -2.22. The summed E-state index contributed by atoms with van der Waals surface area (Å²) in [4.78, 5) is 24.4. The Bertz CT molecular complexity index is 552. The highest BCUT2D eigenvalue weighted by Gasteiger charge is 2.33. The molecule has 1 atom stereocenters. The molecule has 0 saturated carbocycles. The third-order valence-corrected chi connectivity index (χ3v) is 4.03. The van der Waals surface area contributed by atoms with E-state index >= 15 is 0 Å². The van der Waals surface area contributed by atoms with Crippen molar-refractivity contribution in [1.29, 1.82) is 0 Å². The van der Waals surface area contributed by atoms with Gasteiger partial charge in [0.1, 0.15) is 6.10 Å². The van der Waals surface area contributed by atoms with Gasteiger partial charge in [0.25, 0.3) is 0 Å². The molecule has 1 aliphatic rings. The molecule has 22 heavy (non-hydrogen) atoms. The van der Waals surface area contributed by atoms with E-state index < -0.39 is 18.0 Å². The van der Waals surface area contributed by atoms with Crippen molar-refractivity contribution in [3.8, 4) is 11.5 Å². The number of rotatable bonds is 5. The summed E-state index contributed by atoms with van der Waals surface area (Å²) in [7, 11) is 0. The maximum Gasteiger partial charge on any atom is 0.352 e. The number of hydrogen-bond acceptors (Lipinski definition) is 8. The maximum atomic E-state index is 12.1. The number of hydrogen-bond donors (Lipinski definition) is 1.